The second-order valence-electron chi connectivity index (χ2n) is 2.68. The van der Waals surface area contributed by atoms with Crippen LogP contribution >= 0.6 is 0 Å². The Morgan fingerprint density at radius 1 is 0.929 bits per heavy atom. The van der Waals surface area contributed by atoms with Crippen LogP contribution in [0, 0.1) is 0 Å². The minimum Gasteiger partial charge on any atom is -0.244 e. The van der Waals surface area contributed by atoms with Crippen LogP contribution in [-0.4, -0.2) is 24.4 Å². The second kappa shape index (κ2) is 3.78. The van der Waals surface area contributed by atoms with Crippen LogP contribution < -0.4 is 0 Å². The summed E-state index contributed by atoms with van der Waals surface area (Å²) in [4.78, 5) is 0. The Hall–Kier alpha value is -0.750. The highest BCUT2D eigenvalue weighted by molar-refractivity contribution is 4.96. The van der Waals surface area contributed by atoms with Gasteiger partial charge in [-0.15, -0.1) is 0 Å². The van der Waals surface area contributed by atoms with E-state index in [4.69, 9.17) is 0 Å². The largest absolute Gasteiger partial charge is 0.338 e. The summed E-state index contributed by atoms with van der Waals surface area (Å²) in [6.07, 6.45) is -2.64. The minimum absolute atomic E-state index is 0.185. The summed E-state index contributed by atoms with van der Waals surface area (Å²) >= 11 is 0. The highest BCUT2D eigenvalue weighted by Gasteiger charge is 2.59. The lowest BCUT2D eigenvalue weighted by molar-refractivity contribution is -0.237. The van der Waals surface area contributed by atoms with Gasteiger partial charge in [0, 0.05) is 0 Å². The lowest BCUT2D eigenvalue weighted by Gasteiger charge is -2.26. The molecule has 0 rings (SSSR count). The first-order chi connectivity index (χ1) is 6.08. The Morgan fingerprint density at radius 3 is 1.64 bits per heavy atom. The van der Waals surface area contributed by atoms with Crippen LogP contribution in [0.2, 0.25) is 0 Å². The molecule has 0 aliphatic rings. The molecule has 0 radical (unpaired) electrons. The van der Waals surface area contributed by atoms with Crippen molar-refractivity contribution in [3.05, 3.63) is 12.7 Å². The number of rotatable bonds is 5. The number of alkyl halides is 7. The zero-order valence-electron chi connectivity index (χ0n) is 6.84. The molecule has 0 aliphatic carbocycles. The number of halogens is 7. The summed E-state index contributed by atoms with van der Waals surface area (Å²) in [5.41, 5.74) is 0. The average Bonchev–Trinajstić information content (AvgIpc) is 2.02. The average molecular weight is 224 g/mol. The van der Waals surface area contributed by atoms with E-state index in [0.29, 0.717) is 0 Å². The molecule has 0 aromatic carbocycles. The van der Waals surface area contributed by atoms with Crippen LogP contribution in [0.1, 0.15) is 6.42 Å². The molecule has 7 heteroatoms. The molecule has 0 aromatic heterocycles. The van der Waals surface area contributed by atoms with Gasteiger partial charge < -0.3 is 0 Å². The number of allylic oxidation sites excluding steroid dienone is 1. The lowest BCUT2D eigenvalue weighted by atomic mass is 10.0. The van der Waals surface area contributed by atoms with Crippen LogP contribution in [0.3, 0.4) is 0 Å². The molecule has 0 bridgehead atoms. The topological polar surface area (TPSA) is 0 Å². The quantitative estimate of drug-likeness (QED) is 0.495. The van der Waals surface area contributed by atoms with Crippen molar-refractivity contribution in [2.75, 3.05) is 6.67 Å². The Bertz CT molecular complexity index is 208. The molecule has 14 heavy (non-hydrogen) atoms. The maximum absolute atomic E-state index is 12.4. The van der Waals surface area contributed by atoms with E-state index in [-0.39, 0.29) is 6.08 Å². The lowest BCUT2D eigenvalue weighted by Crippen LogP contribution is -2.45. The molecule has 0 aliphatic heterocycles. The van der Waals surface area contributed by atoms with Crippen LogP contribution in [0.25, 0.3) is 0 Å². The van der Waals surface area contributed by atoms with Gasteiger partial charge in [-0.1, -0.05) is 6.58 Å². The van der Waals surface area contributed by atoms with Crippen molar-refractivity contribution in [1.82, 2.24) is 0 Å². The van der Waals surface area contributed by atoms with Gasteiger partial charge in [0.1, 0.15) is 0 Å². The van der Waals surface area contributed by atoms with Crippen molar-refractivity contribution in [3.8, 4) is 0 Å². The summed E-state index contributed by atoms with van der Waals surface area (Å²) < 4.78 is 84.9. The van der Waals surface area contributed by atoms with Crippen LogP contribution in [0.5, 0.6) is 0 Å². The Labute approximate surface area is 75.4 Å². The molecule has 0 N–H and O–H groups in total. The molecule has 0 amide bonds. The van der Waals surface area contributed by atoms with Gasteiger partial charge in [0.05, 0.1) is 6.42 Å². The Kier molecular flexibility index (Phi) is 3.58. The third kappa shape index (κ3) is 2.88. The first-order valence-corrected chi connectivity index (χ1v) is 3.41. The first kappa shape index (κ1) is 13.2. The van der Waals surface area contributed by atoms with Gasteiger partial charge >= 0.3 is 11.8 Å². The predicted octanol–water partition coefficient (Wildman–Crippen LogP) is 3.44. The van der Waals surface area contributed by atoms with Crippen LogP contribution in [-0.2, 0) is 0 Å². The molecule has 0 aromatic rings. The third-order valence-corrected chi connectivity index (χ3v) is 1.46. The van der Waals surface area contributed by atoms with Gasteiger partial charge in [0.15, 0.2) is 6.67 Å². The SMILES string of the molecule is C=CC(F)(F)CC(F)(F)C(F)(F)CF. The molecule has 0 unspecified atom stereocenters. The molecular weight excluding hydrogens is 217 g/mol. The zero-order chi connectivity index (χ0) is 11.6. The monoisotopic (exact) mass is 224 g/mol. The minimum atomic E-state index is -5.10. The van der Waals surface area contributed by atoms with E-state index >= 15 is 0 Å². The van der Waals surface area contributed by atoms with Gasteiger partial charge in [-0.2, -0.15) is 17.6 Å². The van der Waals surface area contributed by atoms with Gasteiger partial charge in [-0.3, -0.25) is 0 Å². The van der Waals surface area contributed by atoms with E-state index in [1.807, 2.05) is 0 Å². The fourth-order valence-electron chi connectivity index (χ4n) is 0.595. The molecular formula is C7H7F7. The summed E-state index contributed by atoms with van der Waals surface area (Å²) in [7, 11) is 0. The maximum atomic E-state index is 12.4. The number of hydrogen-bond acceptors (Lipinski definition) is 0. The van der Waals surface area contributed by atoms with Crippen molar-refractivity contribution in [2.45, 2.75) is 24.2 Å². The number of hydrogen-bond donors (Lipinski definition) is 0. The smallest absolute Gasteiger partial charge is 0.244 e. The van der Waals surface area contributed by atoms with E-state index in [1.54, 1.807) is 0 Å². The Balaban J connectivity index is 4.73. The van der Waals surface area contributed by atoms with Crippen molar-refractivity contribution in [1.29, 1.82) is 0 Å². The molecule has 0 nitrogen and oxygen atoms in total. The molecule has 0 spiro atoms. The Morgan fingerprint density at radius 2 is 1.36 bits per heavy atom. The van der Waals surface area contributed by atoms with E-state index in [1.165, 1.54) is 0 Å². The van der Waals surface area contributed by atoms with Gasteiger partial charge in [-0.25, -0.2) is 13.2 Å². The van der Waals surface area contributed by atoms with Crippen molar-refractivity contribution >= 4 is 0 Å². The standard InChI is InChI=1S/C7H7F7/c1-2-5(9,10)3-6(11,12)7(13,14)4-8/h2H,1,3-4H2. The normalized spacial score (nSPS) is 14.2. The van der Waals surface area contributed by atoms with Crippen molar-refractivity contribution in [3.63, 3.8) is 0 Å². The first-order valence-electron chi connectivity index (χ1n) is 3.41. The summed E-state index contributed by atoms with van der Waals surface area (Å²) in [5.74, 6) is -14.3. The van der Waals surface area contributed by atoms with Gasteiger partial charge in [0.2, 0.25) is 0 Å². The van der Waals surface area contributed by atoms with Crippen LogP contribution in [0.4, 0.5) is 30.7 Å². The summed E-state index contributed by atoms with van der Waals surface area (Å²) in [6.45, 7) is -0.185. The van der Waals surface area contributed by atoms with Crippen LogP contribution in [0.15, 0.2) is 12.7 Å². The second-order valence-corrected chi connectivity index (χ2v) is 2.68. The van der Waals surface area contributed by atoms with Crippen molar-refractivity contribution in [2.24, 2.45) is 0 Å². The fraction of sp³-hybridized carbons (Fsp3) is 0.714. The molecule has 0 fully saturated rings. The highest BCUT2D eigenvalue weighted by Crippen LogP contribution is 2.42. The molecule has 0 heterocycles. The molecule has 0 saturated carbocycles. The van der Waals surface area contributed by atoms with E-state index < -0.39 is 30.9 Å². The summed E-state index contributed by atoms with van der Waals surface area (Å²) in [6, 6.07) is 0. The maximum Gasteiger partial charge on any atom is 0.338 e. The van der Waals surface area contributed by atoms with Crippen molar-refractivity contribution < 1.29 is 30.7 Å². The fourth-order valence-corrected chi connectivity index (χ4v) is 0.595. The highest BCUT2D eigenvalue weighted by atomic mass is 19.3. The molecule has 84 valence electrons. The van der Waals surface area contributed by atoms with E-state index in [0.717, 1.165) is 0 Å². The summed E-state index contributed by atoms with van der Waals surface area (Å²) in [5, 5.41) is 0. The van der Waals surface area contributed by atoms with Gasteiger partial charge in [0.25, 0.3) is 5.92 Å². The van der Waals surface area contributed by atoms with E-state index in [9.17, 15) is 30.7 Å². The third-order valence-electron chi connectivity index (χ3n) is 1.46. The van der Waals surface area contributed by atoms with E-state index in [2.05, 4.69) is 6.58 Å². The molecule has 0 saturated heterocycles. The molecule has 0 atom stereocenters. The zero-order valence-corrected chi connectivity index (χ0v) is 6.84. The predicted molar refractivity (Wildman–Crippen MR) is 35.6 cm³/mol. The van der Waals surface area contributed by atoms with Gasteiger partial charge in [-0.05, 0) is 6.08 Å².